The minimum atomic E-state index is -0.796. The van der Waals surface area contributed by atoms with Crippen LogP contribution in [0.3, 0.4) is 0 Å². The summed E-state index contributed by atoms with van der Waals surface area (Å²) in [5, 5.41) is 13.6. The minimum Gasteiger partial charge on any atom is -0.444 e. The van der Waals surface area contributed by atoms with Gasteiger partial charge in [0.2, 0.25) is 0 Å². The Morgan fingerprint density at radius 1 is 1.10 bits per heavy atom. The van der Waals surface area contributed by atoms with Crippen LogP contribution in [0, 0.1) is 0 Å². The van der Waals surface area contributed by atoms with Gasteiger partial charge < -0.3 is 15.2 Å². The lowest BCUT2D eigenvalue weighted by molar-refractivity contribution is 0.0423. The molecule has 2 aromatic rings. The third kappa shape index (κ3) is 8.79. The lowest BCUT2D eigenvalue weighted by atomic mass is 9.96. The number of aliphatic hydroxyl groups is 1. The lowest BCUT2D eigenvalue weighted by Gasteiger charge is -2.27. The van der Waals surface area contributed by atoms with Gasteiger partial charge in [-0.25, -0.2) is 4.79 Å². The maximum Gasteiger partial charge on any atom is 0.407 e. The number of carbonyl (C=O) groups excluding carboxylic acids is 1. The monoisotopic (exact) mass is 393 g/mol. The summed E-state index contributed by atoms with van der Waals surface area (Å²) in [6.07, 6.45) is 3.36. The first-order valence-electron chi connectivity index (χ1n) is 9.85. The van der Waals surface area contributed by atoms with E-state index in [1.54, 1.807) is 0 Å². The van der Waals surface area contributed by atoms with Crippen LogP contribution in [0.4, 0.5) is 4.79 Å². The summed E-state index contributed by atoms with van der Waals surface area (Å²) in [7, 11) is 0. The van der Waals surface area contributed by atoms with E-state index in [4.69, 9.17) is 4.74 Å². The number of hydrogen-bond acceptors (Lipinski definition) is 3. The molecule has 2 N–H and O–H groups in total. The summed E-state index contributed by atoms with van der Waals surface area (Å²) < 4.78 is 5.37. The average molecular weight is 394 g/mol. The molecule has 0 aliphatic carbocycles. The summed E-state index contributed by atoms with van der Waals surface area (Å²) in [6, 6.07) is 19.2. The quantitative estimate of drug-likeness (QED) is 0.610. The molecule has 0 aliphatic heterocycles. The summed E-state index contributed by atoms with van der Waals surface area (Å²) in [6.45, 7) is 9.48. The number of ether oxygens (including phenoxy) is 1. The molecule has 29 heavy (non-hydrogen) atoms. The third-order valence-electron chi connectivity index (χ3n) is 4.25. The predicted octanol–water partition coefficient (Wildman–Crippen LogP) is 5.14. The molecule has 154 valence electrons. The first kappa shape index (κ1) is 22.4. The van der Waals surface area contributed by atoms with Gasteiger partial charge in [0.15, 0.2) is 0 Å². The number of rotatable bonds is 8. The molecule has 0 aromatic heterocycles. The van der Waals surface area contributed by atoms with Crippen LogP contribution in [0.15, 0.2) is 78.9 Å². The van der Waals surface area contributed by atoms with Crippen molar-refractivity contribution in [2.75, 3.05) is 0 Å². The highest BCUT2D eigenvalue weighted by molar-refractivity contribution is 5.68. The summed E-state index contributed by atoms with van der Waals surface area (Å²) in [5.41, 5.74) is 2.27. The summed E-state index contributed by atoms with van der Waals surface area (Å²) in [5.74, 6) is 0. The Kier molecular flexibility index (Phi) is 8.22. The molecule has 0 saturated heterocycles. The number of nitrogens with one attached hydrogen (secondary N) is 1. The van der Waals surface area contributed by atoms with Gasteiger partial charge in [-0.05, 0) is 44.7 Å². The molecular formula is C25H31NO3. The van der Waals surface area contributed by atoms with Crippen molar-refractivity contribution in [1.29, 1.82) is 0 Å². The summed E-state index contributed by atoms with van der Waals surface area (Å²) in [4.78, 5) is 12.3. The van der Waals surface area contributed by atoms with Crippen LogP contribution in [0.25, 0.3) is 6.08 Å². The second-order valence-corrected chi connectivity index (χ2v) is 8.12. The highest BCUT2D eigenvalue weighted by Crippen LogP contribution is 2.15. The van der Waals surface area contributed by atoms with Gasteiger partial charge in [-0.15, -0.1) is 0 Å². The number of carbonyl (C=O) groups is 1. The second kappa shape index (κ2) is 10.6. The van der Waals surface area contributed by atoms with Gasteiger partial charge in [0.25, 0.3) is 0 Å². The van der Waals surface area contributed by atoms with E-state index < -0.39 is 23.8 Å². The van der Waals surface area contributed by atoms with Gasteiger partial charge in [-0.3, -0.25) is 0 Å². The topological polar surface area (TPSA) is 58.6 Å². The van der Waals surface area contributed by atoms with E-state index in [1.165, 1.54) is 0 Å². The maximum atomic E-state index is 12.3. The van der Waals surface area contributed by atoms with Crippen molar-refractivity contribution in [3.05, 3.63) is 90.0 Å². The maximum absolute atomic E-state index is 12.3. The number of alkyl carbamates (subject to hydrolysis) is 1. The molecule has 0 unspecified atom stereocenters. The Balaban J connectivity index is 2.04. The molecule has 1 amide bonds. The molecule has 0 spiro atoms. The molecular weight excluding hydrogens is 362 g/mol. The highest BCUT2D eigenvalue weighted by atomic mass is 16.6. The zero-order valence-electron chi connectivity index (χ0n) is 17.5. The van der Waals surface area contributed by atoms with E-state index >= 15 is 0 Å². The first-order chi connectivity index (χ1) is 13.7. The first-order valence-corrected chi connectivity index (χ1v) is 9.85. The van der Waals surface area contributed by atoms with Gasteiger partial charge in [0, 0.05) is 0 Å². The van der Waals surface area contributed by atoms with Crippen molar-refractivity contribution in [2.45, 2.75) is 51.4 Å². The Hall–Kier alpha value is -2.85. The molecule has 4 nitrogen and oxygen atoms in total. The third-order valence-corrected chi connectivity index (χ3v) is 4.25. The molecule has 0 heterocycles. The van der Waals surface area contributed by atoms with E-state index in [2.05, 4.69) is 11.9 Å². The van der Waals surface area contributed by atoms with Crippen molar-refractivity contribution >= 4 is 12.2 Å². The van der Waals surface area contributed by atoms with E-state index in [0.717, 1.165) is 16.7 Å². The van der Waals surface area contributed by atoms with Crippen LogP contribution in [-0.2, 0) is 11.2 Å². The average Bonchev–Trinajstić information content (AvgIpc) is 2.66. The molecule has 4 heteroatoms. The van der Waals surface area contributed by atoms with E-state index in [9.17, 15) is 9.90 Å². The normalized spacial score (nSPS) is 13.7. The zero-order chi connectivity index (χ0) is 21.3. The van der Waals surface area contributed by atoms with Gasteiger partial charge in [0.05, 0.1) is 12.1 Å². The number of amides is 1. The number of benzene rings is 2. The highest BCUT2D eigenvalue weighted by Gasteiger charge is 2.25. The molecule has 0 bridgehead atoms. The predicted molar refractivity (Wildman–Crippen MR) is 119 cm³/mol. The molecule has 0 aliphatic rings. The van der Waals surface area contributed by atoms with Gasteiger partial charge in [0.1, 0.15) is 5.60 Å². The molecule has 0 fully saturated rings. The SMILES string of the molecule is C=C(/C=C/c1ccccc1)C[C@H](O)[C@H](Cc1ccccc1)NC(=O)OC(C)(C)C. The Morgan fingerprint density at radius 2 is 1.69 bits per heavy atom. The van der Waals surface area contributed by atoms with Gasteiger partial charge >= 0.3 is 6.09 Å². The standard InChI is InChI=1S/C25H31NO3/c1-19(15-16-20-11-7-5-8-12-20)17-23(27)22(18-21-13-9-6-10-14-21)26-24(28)29-25(2,3)4/h5-16,22-23,27H,1,17-18H2,2-4H3,(H,26,28)/b16-15+/t22-,23-/m0/s1. The van der Waals surface area contributed by atoms with Crippen LogP contribution >= 0.6 is 0 Å². The van der Waals surface area contributed by atoms with Crippen LogP contribution < -0.4 is 5.32 Å². The Labute approximate surface area is 173 Å². The smallest absolute Gasteiger partial charge is 0.407 e. The van der Waals surface area contributed by atoms with Crippen LogP contribution in [-0.4, -0.2) is 28.9 Å². The van der Waals surface area contributed by atoms with E-state index in [0.29, 0.717) is 12.8 Å². The molecule has 0 radical (unpaired) electrons. The lowest BCUT2D eigenvalue weighted by Crippen LogP contribution is -2.46. The van der Waals surface area contributed by atoms with Crippen molar-refractivity contribution in [2.24, 2.45) is 0 Å². The van der Waals surface area contributed by atoms with Crippen molar-refractivity contribution in [3.8, 4) is 0 Å². The van der Waals surface area contributed by atoms with Crippen molar-refractivity contribution in [3.63, 3.8) is 0 Å². The Morgan fingerprint density at radius 3 is 2.28 bits per heavy atom. The van der Waals surface area contributed by atoms with Crippen LogP contribution in [0.2, 0.25) is 0 Å². The van der Waals surface area contributed by atoms with Crippen molar-refractivity contribution < 1.29 is 14.6 Å². The van der Waals surface area contributed by atoms with Gasteiger partial charge in [-0.1, -0.05) is 85.0 Å². The zero-order valence-corrected chi connectivity index (χ0v) is 17.5. The molecule has 0 saturated carbocycles. The minimum absolute atomic E-state index is 0.344. The van der Waals surface area contributed by atoms with E-state index in [1.807, 2.05) is 93.6 Å². The molecule has 2 rings (SSSR count). The van der Waals surface area contributed by atoms with Crippen LogP contribution in [0.1, 0.15) is 38.3 Å². The fourth-order valence-corrected chi connectivity index (χ4v) is 2.87. The molecule has 2 atom stereocenters. The number of aliphatic hydroxyl groups excluding tert-OH is 1. The summed E-state index contributed by atoms with van der Waals surface area (Å²) >= 11 is 0. The number of allylic oxidation sites excluding steroid dienone is 1. The molecule has 2 aromatic carbocycles. The number of hydrogen-bond donors (Lipinski definition) is 2. The van der Waals surface area contributed by atoms with E-state index in [-0.39, 0.29) is 0 Å². The Bertz CT molecular complexity index is 807. The second-order valence-electron chi connectivity index (χ2n) is 8.12. The van der Waals surface area contributed by atoms with Crippen LogP contribution in [0.5, 0.6) is 0 Å². The van der Waals surface area contributed by atoms with Gasteiger partial charge in [-0.2, -0.15) is 0 Å². The fraction of sp³-hybridized carbons (Fsp3) is 0.320. The fourth-order valence-electron chi connectivity index (χ4n) is 2.87. The van der Waals surface area contributed by atoms with Crippen molar-refractivity contribution in [1.82, 2.24) is 5.32 Å². The largest absolute Gasteiger partial charge is 0.444 e.